The molecule has 10 heteroatoms. The van der Waals surface area contributed by atoms with Crippen LogP contribution in [0.5, 0.6) is 5.75 Å². The van der Waals surface area contributed by atoms with E-state index in [2.05, 4.69) is 15.5 Å². The van der Waals surface area contributed by atoms with Crippen LogP contribution in [0.4, 0.5) is 5.13 Å². The van der Waals surface area contributed by atoms with E-state index < -0.39 is 11.4 Å². The first-order valence-electron chi connectivity index (χ1n) is 6.54. The van der Waals surface area contributed by atoms with Gasteiger partial charge in [0.15, 0.2) is 4.34 Å². The van der Waals surface area contributed by atoms with Crippen molar-refractivity contribution in [1.82, 2.24) is 10.2 Å². The van der Waals surface area contributed by atoms with Crippen LogP contribution in [0, 0.1) is 0 Å². The Morgan fingerprint density at radius 3 is 2.87 bits per heavy atom. The zero-order valence-electron chi connectivity index (χ0n) is 12.3. The summed E-state index contributed by atoms with van der Waals surface area (Å²) in [5.41, 5.74) is -0.426. The number of ether oxygens (including phenoxy) is 1. The van der Waals surface area contributed by atoms with Crippen LogP contribution in [0.2, 0.25) is 0 Å². The van der Waals surface area contributed by atoms with Crippen molar-refractivity contribution in [3.8, 4) is 5.75 Å². The highest BCUT2D eigenvalue weighted by Crippen LogP contribution is 2.28. The fraction of sp³-hybridized carbons (Fsp3) is 0.308. The molecular weight excluding hydrogens is 342 g/mol. The summed E-state index contributed by atoms with van der Waals surface area (Å²) in [6.45, 7) is 3.02. The Morgan fingerprint density at radius 2 is 2.22 bits per heavy atom. The first kappa shape index (κ1) is 17.2. The second-order valence-electron chi connectivity index (χ2n) is 4.25. The first-order valence-corrected chi connectivity index (χ1v) is 8.34. The number of nitrogens with zero attached hydrogens (tertiary/aromatic N) is 2. The van der Waals surface area contributed by atoms with Gasteiger partial charge in [-0.2, -0.15) is 0 Å². The molecule has 0 saturated carbocycles. The lowest BCUT2D eigenvalue weighted by Gasteiger charge is -2.02. The molecule has 0 spiro atoms. The van der Waals surface area contributed by atoms with E-state index >= 15 is 0 Å². The van der Waals surface area contributed by atoms with Gasteiger partial charge in [-0.1, -0.05) is 30.0 Å². The third kappa shape index (κ3) is 5.18. The van der Waals surface area contributed by atoms with Gasteiger partial charge >= 0.3 is 5.97 Å². The predicted molar refractivity (Wildman–Crippen MR) is 84.7 cm³/mol. The number of nitrogens with one attached hydrogen (secondary N) is 1. The number of hydrogen-bond donors (Lipinski definition) is 1. The number of aromatic nitrogens is 2. The Morgan fingerprint density at radius 1 is 1.43 bits per heavy atom. The number of carbonyl (C=O) groups is 2. The molecule has 0 fully saturated rings. The molecule has 1 N–H and O–H groups in total. The smallest absolute Gasteiger partial charge is 0.311 e. The molecule has 2 aromatic heterocycles. The van der Waals surface area contributed by atoms with Crippen LogP contribution in [-0.2, 0) is 15.3 Å². The van der Waals surface area contributed by atoms with Crippen LogP contribution in [0.15, 0.2) is 25.9 Å². The van der Waals surface area contributed by atoms with Crippen molar-refractivity contribution >= 4 is 40.1 Å². The van der Waals surface area contributed by atoms with Crippen molar-refractivity contribution in [2.24, 2.45) is 0 Å². The van der Waals surface area contributed by atoms with Gasteiger partial charge in [-0.15, -0.1) is 10.2 Å². The monoisotopic (exact) mass is 355 g/mol. The van der Waals surface area contributed by atoms with Crippen LogP contribution >= 0.6 is 23.1 Å². The van der Waals surface area contributed by atoms with Gasteiger partial charge in [-0.3, -0.25) is 14.4 Å². The molecule has 8 nitrogen and oxygen atoms in total. The molecule has 0 unspecified atom stereocenters. The van der Waals surface area contributed by atoms with Crippen molar-refractivity contribution < 1.29 is 18.7 Å². The molecule has 122 valence electrons. The van der Waals surface area contributed by atoms with Crippen molar-refractivity contribution in [1.29, 1.82) is 0 Å². The van der Waals surface area contributed by atoms with Crippen molar-refractivity contribution in [3.05, 3.63) is 28.3 Å². The van der Waals surface area contributed by atoms with E-state index in [4.69, 9.17) is 9.15 Å². The van der Waals surface area contributed by atoms with Gasteiger partial charge in [0.1, 0.15) is 12.0 Å². The summed E-state index contributed by atoms with van der Waals surface area (Å²) < 4.78 is 10.7. The third-order valence-corrected chi connectivity index (χ3v) is 4.39. The van der Waals surface area contributed by atoms with Crippen LogP contribution in [0.3, 0.4) is 0 Å². The zero-order chi connectivity index (χ0) is 16.8. The first-order chi connectivity index (χ1) is 11.0. The molecule has 0 bridgehead atoms. The molecule has 2 rings (SSSR count). The third-order valence-electron chi connectivity index (χ3n) is 2.39. The lowest BCUT2D eigenvalue weighted by Crippen LogP contribution is -2.13. The number of carbonyl (C=O) groups excluding carboxylic acids is 2. The van der Waals surface area contributed by atoms with E-state index in [1.165, 1.54) is 36.1 Å². The number of rotatable bonds is 6. The normalized spacial score (nSPS) is 10.3. The molecular formula is C13H13N3O5S2. The van der Waals surface area contributed by atoms with Gasteiger partial charge in [-0.05, 0) is 0 Å². The fourth-order valence-corrected chi connectivity index (χ4v) is 3.07. The molecule has 0 aliphatic rings. The molecule has 0 atom stereocenters. The molecule has 2 aromatic rings. The number of thioether (sulfide) groups is 1. The van der Waals surface area contributed by atoms with Crippen molar-refractivity contribution in [2.75, 3.05) is 5.32 Å². The van der Waals surface area contributed by atoms with Crippen LogP contribution in [0.25, 0.3) is 0 Å². The van der Waals surface area contributed by atoms with Gasteiger partial charge in [0.25, 0.3) is 0 Å². The lowest BCUT2D eigenvalue weighted by atomic mass is 10.4. The minimum absolute atomic E-state index is 0.130. The summed E-state index contributed by atoms with van der Waals surface area (Å²) in [5.74, 6) is -0.0897. The second-order valence-corrected chi connectivity index (χ2v) is 6.45. The van der Waals surface area contributed by atoms with E-state index in [-0.39, 0.29) is 18.1 Å². The average molecular weight is 355 g/mol. The lowest BCUT2D eigenvalue weighted by molar-refractivity contribution is -0.134. The minimum Gasteiger partial charge on any atom is -0.464 e. The average Bonchev–Trinajstić information content (AvgIpc) is 2.94. The number of hydrogen-bond acceptors (Lipinski definition) is 9. The highest BCUT2D eigenvalue weighted by Gasteiger charge is 2.11. The molecule has 0 aliphatic carbocycles. The minimum atomic E-state index is -0.501. The van der Waals surface area contributed by atoms with Gasteiger partial charge in [0, 0.05) is 19.4 Å². The Hall–Kier alpha value is -2.20. The van der Waals surface area contributed by atoms with E-state index in [0.29, 0.717) is 21.0 Å². The quantitative estimate of drug-likeness (QED) is 0.476. The maximum absolute atomic E-state index is 11.8. The van der Waals surface area contributed by atoms with Crippen molar-refractivity contribution in [3.63, 3.8) is 0 Å². The maximum atomic E-state index is 11.8. The van der Waals surface area contributed by atoms with Crippen LogP contribution in [-0.4, -0.2) is 22.1 Å². The van der Waals surface area contributed by atoms with E-state index in [1.807, 2.05) is 0 Å². The number of anilines is 1. The molecule has 0 aliphatic heterocycles. The Bertz CT molecular complexity index is 771. The van der Waals surface area contributed by atoms with Gasteiger partial charge in [-0.25, -0.2) is 0 Å². The van der Waals surface area contributed by atoms with Gasteiger partial charge in [0.05, 0.1) is 5.75 Å². The number of amides is 1. The number of esters is 1. The summed E-state index contributed by atoms with van der Waals surface area (Å²) in [5, 5.41) is 10.7. The van der Waals surface area contributed by atoms with E-state index in [1.54, 1.807) is 6.92 Å². The van der Waals surface area contributed by atoms with E-state index in [0.717, 1.165) is 6.26 Å². The summed E-state index contributed by atoms with van der Waals surface area (Å²) >= 11 is 2.53. The summed E-state index contributed by atoms with van der Waals surface area (Å²) in [6, 6.07) is 1.26. The Kier molecular flexibility index (Phi) is 5.88. The molecule has 0 aromatic carbocycles. The summed E-state index contributed by atoms with van der Waals surface area (Å²) in [6.07, 6.45) is 1.29. The molecule has 1 amide bonds. The largest absolute Gasteiger partial charge is 0.464 e. The van der Waals surface area contributed by atoms with Crippen LogP contribution in [0.1, 0.15) is 26.0 Å². The van der Waals surface area contributed by atoms with E-state index in [9.17, 15) is 14.4 Å². The molecule has 0 radical (unpaired) electrons. The molecule has 2 heterocycles. The van der Waals surface area contributed by atoms with Gasteiger partial charge in [0.2, 0.25) is 22.2 Å². The summed E-state index contributed by atoms with van der Waals surface area (Å²) in [7, 11) is 0. The predicted octanol–water partition coefficient (Wildman–Crippen LogP) is 2.06. The topological polar surface area (TPSA) is 111 Å². The van der Waals surface area contributed by atoms with Gasteiger partial charge < -0.3 is 14.5 Å². The Labute approximate surface area is 139 Å². The van der Waals surface area contributed by atoms with Crippen molar-refractivity contribution in [2.45, 2.75) is 30.4 Å². The highest BCUT2D eigenvalue weighted by molar-refractivity contribution is 8.00. The standard InChI is InChI=1S/C13H13N3O5S2/c1-3-11(19)21-10-5-20-8(4-9(10)18)6-22-13-16-15-12(23-13)14-7(2)17/h4-5H,3,6H2,1-2H3,(H,14,15,17). The SMILES string of the molecule is CCC(=O)Oc1coc(CSc2nnc(NC(C)=O)s2)cc1=O. The fourth-order valence-electron chi connectivity index (χ4n) is 1.39. The zero-order valence-corrected chi connectivity index (χ0v) is 14.0. The van der Waals surface area contributed by atoms with Crippen LogP contribution < -0.4 is 15.5 Å². The maximum Gasteiger partial charge on any atom is 0.311 e. The summed E-state index contributed by atoms with van der Waals surface area (Å²) in [4.78, 5) is 33.9. The molecule has 0 saturated heterocycles. The second kappa shape index (κ2) is 7.88. The Balaban J connectivity index is 1.97. The highest BCUT2D eigenvalue weighted by atomic mass is 32.2. The molecule has 23 heavy (non-hydrogen) atoms.